The number of likely N-dealkylation sites (tertiary alicyclic amines) is 1. The number of halogens is 2. The van der Waals surface area contributed by atoms with Crippen molar-refractivity contribution in [2.45, 2.75) is 44.9 Å². The second-order valence-corrected chi connectivity index (χ2v) is 15.3. The number of imide groups is 1. The van der Waals surface area contributed by atoms with Gasteiger partial charge in [-0.3, -0.25) is 14.5 Å². The first kappa shape index (κ1) is 51.4. The number of nitrogens with zero attached hydrogens (tertiary/aromatic N) is 3. The van der Waals surface area contributed by atoms with E-state index in [-0.39, 0.29) is 43.8 Å². The number of aliphatic hydroxyl groups is 1. The van der Waals surface area contributed by atoms with Crippen LogP contribution >= 0.6 is 23.2 Å². The lowest BCUT2D eigenvalue weighted by Crippen LogP contribution is -2.49. The summed E-state index contributed by atoms with van der Waals surface area (Å²) >= 11 is 12.3. The number of hydrogen-bond acceptors (Lipinski definition) is 14. The smallest absolute Gasteiger partial charge is 0.421 e. The highest BCUT2D eigenvalue weighted by atomic mass is 35.5. The lowest BCUT2D eigenvalue weighted by atomic mass is 10.0. The maximum absolute atomic E-state index is 13.7. The van der Waals surface area contributed by atoms with Gasteiger partial charge in [-0.1, -0.05) is 55.2 Å². The quantitative estimate of drug-likeness (QED) is 0.108. The molecule has 1 heterocycles. The van der Waals surface area contributed by atoms with Crippen LogP contribution < -0.4 is 10.6 Å². The number of likely N-dealkylation sites (N-methyl/N-ethyl adjacent to an activating group) is 1. The number of amides is 3. The fraction of sp³-hybridized carbons (Fsp3) is 0.643. The minimum Gasteiger partial charge on any atom is -0.446 e. The zero-order valence-corrected chi connectivity index (χ0v) is 36.9. The number of carbonyl (C=O) groups excluding carboxylic acids is 3. The van der Waals surface area contributed by atoms with Gasteiger partial charge in [-0.2, -0.15) is 0 Å². The van der Waals surface area contributed by atoms with E-state index in [4.69, 9.17) is 66.8 Å². The van der Waals surface area contributed by atoms with Crippen LogP contribution in [0.2, 0.25) is 10.0 Å². The van der Waals surface area contributed by atoms with Crippen molar-refractivity contribution in [1.29, 1.82) is 0 Å². The number of benzene rings is 2. The Balaban J connectivity index is 1.49. The van der Waals surface area contributed by atoms with Crippen molar-refractivity contribution in [3.8, 4) is 0 Å². The van der Waals surface area contributed by atoms with Crippen LogP contribution in [-0.4, -0.2) is 171 Å². The van der Waals surface area contributed by atoms with Gasteiger partial charge in [0.25, 0.3) is 5.91 Å². The summed E-state index contributed by atoms with van der Waals surface area (Å²) < 4.78 is 43.2. The molecule has 3 atom stereocenters. The fourth-order valence-corrected chi connectivity index (χ4v) is 6.34. The Morgan fingerprint density at radius 3 is 1.85 bits per heavy atom. The molecule has 3 amide bonds. The summed E-state index contributed by atoms with van der Waals surface area (Å²) in [7, 11) is 3.33. The van der Waals surface area contributed by atoms with Gasteiger partial charge in [0.1, 0.15) is 6.61 Å². The number of carbonyl (C=O) groups is 3. The van der Waals surface area contributed by atoms with Crippen LogP contribution in [-0.2, 0) is 53.9 Å². The average Bonchev–Trinajstić information content (AvgIpc) is 3.65. The first-order valence-corrected chi connectivity index (χ1v) is 21.1. The number of aliphatic hydroxyl groups excluding tert-OH is 1. The highest BCUT2D eigenvalue weighted by Gasteiger charge is 2.33. The number of hydrogen-bond donors (Lipinski definition) is 2. The molecule has 2 aromatic carbocycles. The minimum absolute atomic E-state index is 0.0659. The maximum atomic E-state index is 13.7. The summed E-state index contributed by atoms with van der Waals surface area (Å²) in [4.78, 5) is 45.7. The Bertz CT molecular complexity index is 1560. The first-order valence-electron chi connectivity index (χ1n) is 20.3. The first-order chi connectivity index (χ1) is 28.9. The van der Waals surface area contributed by atoms with Gasteiger partial charge in [0.05, 0.1) is 126 Å². The van der Waals surface area contributed by atoms with Crippen molar-refractivity contribution in [1.82, 2.24) is 9.80 Å². The lowest BCUT2D eigenvalue weighted by Gasteiger charge is -2.33. The Morgan fingerprint density at radius 1 is 0.800 bits per heavy atom. The SMILES string of the molecule is COCCOCCOCCOCCOCCOCCOCCOC(=O)N(C(=O)C(N)C(C)C)c1cccc(C(CN2CC[C@H](O)C2)N(C)C(=O)Cc2ccc(Cl)c(Cl)c2)c1. The van der Waals surface area contributed by atoms with Crippen LogP contribution in [0.25, 0.3) is 0 Å². The maximum Gasteiger partial charge on any atom is 0.421 e. The predicted octanol–water partition coefficient (Wildman–Crippen LogP) is 4.00. The Kier molecular flexibility index (Phi) is 25.1. The van der Waals surface area contributed by atoms with E-state index in [0.717, 1.165) is 4.90 Å². The summed E-state index contributed by atoms with van der Waals surface area (Å²) in [5, 5.41) is 11.0. The molecule has 60 heavy (non-hydrogen) atoms. The summed E-state index contributed by atoms with van der Waals surface area (Å²) in [6.07, 6.45) is -0.699. The standard InChI is InChI=1S/C42H64Cl2N4O12/c1-31(2)40(45)41(51)48(42(52)60-25-24-59-23-22-58-21-20-57-19-18-56-17-16-55-15-14-54-13-12-53-4)34-7-5-6-33(28-34)38(30-47-11-10-35(49)29-47)46(3)39(50)27-32-8-9-36(43)37(44)26-32/h5-9,26,28,31,35,38,40,49H,10-25,27,29-30,45H2,1-4H3/t35-,38?,40?/m0/s1. The number of methoxy groups -OCH3 is 1. The summed E-state index contributed by atoms with van der Waals surface area (Å²) in [6.45, 7) is 10.3. The minimum atomic E-state index is -0.995. The molecule has 0 aliphatic carbocycles. The van der Waals surface area contributed by atoms with Crippen molar-refractivity contribution < 1.29 is 57.4 Å². The monoisotopic (exact) mass is 886 g/mol. The summed E-state index contributed by atoms with van der Waals surface area (Å²) in [5.41, 5.74) is 7.89. The molecule has 1 aliphatic rings. The van der Waals surface area contributed by atoms with Crippen LogP contribution in [0.4, 0.5) is 10.5 Å². The highest BCUT2D eigenvalue weighted by molar-refractivity contribution is 6.42. The molecule has 2 unspecified atom stereocenters. The molecule has 2 aromatic rings. The molecule has 0 saturated carbocycles. The number of rotatable bonds is 30. The Hall–Kier alpha value is -2.97. The number of nitrogens with two attached hydrogens (primary N) is 1. The molecule has 0 spiro atoms. The molecule has 3 rings (SSSR count). The van der Waals surface area contributed by atoms with E-state index in [9.17, 15) is 19.5 Å². The van der Waals surface area contributed by atoms with Gasteiger partial charge in [-0.25, -0.2) is 9.69 Å². The van der Waals surface area contributed by atoms with E-state index in [2.05, 4.69) is 4.90 Å². The van der Waals surface area contributed by atoms with Crippen LogP contribution in [0.5, 0.6) is 0 Å². The molecule has 1 fully saturated rings. The number of β-amino-alcohol motifs (C(OH)–C–C–N with tert-alkyl or cyclic N) is 1. The van der Waals surface area contributed by atoms with Crippen molar-refractivity contribution >= 4 is 46.8 Å². The van der Waals surface area contributed by atoms with Crippen molar-refractivity contribution in [2.75, 3.05) is 131 Å². The molecule has 1 saturated heterocycles. The van der Waals surface area contributed by atoms with Crippen molar-refractivity contribution in [2.24, 2.45) is 11.7 Å². The lowest BCUT2D eigenvalue weighted by molar-refractivity contribution is -0.131. The van der Waals surface area contributed by atoms with Gasteiger partial charge in [-0.15, -0.1) is 0 Å². The third-order valence-corrected chi connectivity index (χ3v) is 10.3. The molecule has 18 heteroatoms. The van der Waals surface area contributed by atoms with E-state index in [1.54, 1.807) is 69.3 Å². The van der Waals surface area contributed by atoms with Crippen LogP contribution in [0.15, 0.2) is 42.5 Å². The summed E-state index contributed by atoms with van der Waals surface area (Å²) in [6, 6.07) is 10.4. The van der Waals surface area contributed by atoms with Gasteiger partial charge in [-0.05, 0) is 47.7 Å². The number of anilines is 1. The molecule has 0 radical (unpaired) electrons. The Labute approximate surface area is 364 Å². The topological polar surface area (TPSA) is 181 Å². The average molecular weight is 888 g/mol. The van der Waals surface area contributed by atoms with E-state index in [1.807, 2.05) is 6.07 Å². The van der Waals surface area contributed by atoms with Crippen LogP contribution in [0.3, 0.4) is 0 Å². The molecule has 0 aromatic heterocycles. The highest BCUT2D eigenvalue weighted by Crippen LogP contribution is 2.29. The molecule has 338 valence electrons. The Morgan fingerprint density at radius 2 is 1.35 bits per heavy atom. The normalized spacial score (nSPS) is 15.3. The van der Waals surface area contributed by atoms with Crippen molar-refractivity contribution in [3.63, 3.8) is 0 Å². The summed E-state index contributed by atoms with van der Waals surface area (Å²) in [5.74, 6) is -1.10. The van der Waals surface area contributed by atoms with Crippen molar-refractivity contribution in [3.05, 3.63) is 63.6 Å². The van der Waals surface area contributed by atoms with Crippen LogP contribution in [0.1, 0.15) is 37.4 Å². The van der Waals surface area contributed by atoms with Gasteiger partial charge in [0.15, 0.2) is 0 Å². The molecular formula is C42H64Cl2N4O12. The predicted molar refractivity (Wildman–Crippen MR) is 228 cm³/mol. The molecule has 1 aliphatic heterocycles. The third-order valence-electron chi connectivity index (χ3n) is 9.54. The van der Waals surface area contributed by atoms with Gasteiger partial charge in [0, 0.05) is 33.8 Å². The van der Waals surface area contributed by atoms with E-state index < -0.39 is 30.2 Å². The number of ether oxygens (including phenoxy) is 8. The van der Waals surface area contributed by atoms with E-state index in [0.29, 0.717) is 120 Å². The zero-order chi connectivity index (χ0) is 43.7. The molecule has 3 N–H and O–H groups in total. The van der Waals surface area contributed by atoms with Crippen LogP contribution in [0, 0.1) is 5.92 Å². The van der Waals surface area contributed by atoms with Gasteiger partial charge < -0.3 is 53.6 Å². The van der Waals surface area contributed by atoms with E-state index >= 15 is 0 Å². The molecule has 16 nitrogen and oxygen atoms in total. The second-order valence-electron chi connectivity index (χ2n) is 14.5. The zero-order valence-electron chi connectivity index (χ0n) is 35.4. The molecular weight excluding hydrogens is 823 g/mol. The van der Waals surface area contributed by atoms with Gasteiger partial charge >= 0.3 is 6.09 Å². The fourth-order valence-electron chi connectivity index (χ4n) is 6.02. The largest absolute Gasteiger partial charge is 0.446 e. The second kappa shape index (κ2) is 29.4. The third kappa shape index (κ3) is 19.0. The van der Waals surface area contributed by atoms with E-state index in [1.165, 1.54) is 0 Å². The molecule has 0 bridgehead atoms. The van der Waals surface area contributed by atoms with Gasteiger partial charge in [0.2, 0.25) is 5.91 Å².